The van der Waals surface area contributed by atoms with Gasteiger partial charge in [-0.05, 0) is 48.9 Å². The van der Waals surface area contributed by atoms with Crippen LogP contribution in [0.15, 0.2) is 51.7 Å². The van der Waals surface area contributed by atoms with E-state index in [0.29, 0.717) is 22.3 Å². The summed E-state index contributed by atoms with van der Waals surface area (Å²) in [5, 5.41) is 2.19. The first-order chi connectivity index (χ1) is 13.4. The molecule has 0 spiro atoms. The number of imide groups is 1. The Morgan fingerprint density at radius 2 is 1.86 bits per heavy atom. The maximum Gasteiger partial charge on any atom is 0.318 e. The number of aryl methyl sites for hydroxylation is 1. The zero-order valence-electron chi connectivity index (χ0n) is 15.3. The quantitative estimate of drug-likeness (QED) is 0.699. The fraction of sp³-hybridized carbons (Fsp3) is 0.150. The molecule has 2 aromatic carbocycles. The molecule has 0 atom stereocenters. The topological polar surface area (TPSA) is 121 Å². The number of urea groups is 1. The van der Waals surface area contributed by atoms with Crippen LogP contribution in [0.4, 0.5) is 4.79 Å². The number of hydrogen-bond donors (Lipinski definition) is 2. The average molecular weight is 382 g/mol. The average Bonchev–Trinajstić information content (AvgIpc) is 2.66. The predicted octanol–water partition coefficient (Wildman–Crippen LogP) is 2.35. The van der Waals surface area contributed by atoms with Crippen molar-refractivity contribution >= 4 is 22.9 Å². The molecule has 0 unspecified atom stereocenters. The van der Waals surface area contributed by atoms with Crippen molar-refractivity contribution < 1.29 is 23.5 Å². The Labute approximate surface area is 159 Å². The fourth-order valence-corrected chi connectivity index (χ4v) is 2.66. The molecule has 8 nitrogen and oxygen atoms in total. The Hall–Kier alpha value is -3.81. The lowest BCUT2D eigenvalue weighted by molar-refractivity contribution is -0.121. The molecule has 0 aliphatic rings. The number of amides is 3. The number of methoxy groups -OCH3 is 1. The molecule has 0 radical (unpaired) electrons. The third-order valence-corrected chi connectivity index (χ3v) is 3.97. The summed E-state index contributed by atoms with van der Waals surface area (Å²) in [6.07, 6.45) is 0. The van der Waals surface area contributed by atoms with Gasteiger partial charge in [-0.3, -0.25) is 14.9 Å². The molecule has 1 heterocycles. The molecular weight excluding hydrogens is 364 g/mol. The molecule has 144 valence electrons. The number of primary amides is 1. The van der Waals surface area contributed by atoms with Crippen molar-refractivity contribution in [2.75, 3.05) is 13.7 Å². The Morgan fingerprint density at radius 3 is 2.50 bits per heavy atom. The number of fused-ring (bicyclic) bond motifs is 1. The van der Waals surface area contributed by atoms with Crippen molar-refractivity contribution in [2.45, 2.75) is 6.92 Å². The Kier molecular flexibility index (Phi) is 5.30. The lowest BCUT2D eigenvalue weighted by Crippen LogP contribution is -2.38. The monoisotopic (exact) mass is 382 g/mol. The second kappa shape index (κ2) is 7.83. The molecule has 28 heavy (non-hydrogen) atoms. The minimum atomic E-state index is -1.01. The van der Waals surface area contributed by atoms with Crippen LogP contribution in [0.25, 0.3) is 22.3 Å². The van der Waals surface area contributed by atoms with Crippen LogP contribution in [0, 0.1) is 6.92 Å². The van der Waals surface area contributed by atoms with Crippen molar-refractivity contribution in [2.24, 2.45) is 5.73 Å². The second-order valence-electron chi connectivity index (χ2n) is 6.02. The molecule has 0 aliphatic carbocycles. The van der Waals surface area contributed by atoms with Gasteiger partial charge in [0, 0.05) is 5.56 Å². The summed E-state index contributed by atoms with van der Waals surface area (Å²) in [5.41, 5.74) is 6.36. The van der Waals surface area contributed by atoms with Gasteiger partial charge in [0.15, 0.2) is 12.4 Å². The van der Waals surface area contributed by atoms with Crippen molar-refractivity contribution in [1.82, 2.24) is 5.32 Å². The molecule has 3 amide bonds. The third kappa shape index (κ3) is 3.96. The van der Waals surface area contributed by atoms with E-state index in [1.165, 1.54) is 0 Å². The molecule has 0 saturated carbocycles. The first-order valence-electron chi connectivity index (χ1n) is 8.33. The smallest absolute Gasteiger partial charge is 0.318 e. The number of nitrogens with two attached hydrogens (primary N) is 1. The molecule has 0 saturated heterocycles. The van der Waals surface area contributed by atoms with E-state index >= 15 is 0 Å². The number of carbonyl (C=O) groups excluding carboxylic acids is 2. The van der Waals surface area contributed by atoms with E-state index in [-0.39, 0.29) is 11.5 Å². The van der Waals surface area contributed by atoms with Gasteiger partial charge in [0.25, 0.3) is 5.91 Å². The van der Waals surface area contributed by atoms with E-state index in [4.69, 9.17) is 19.6 Å². The molecule has 0 fully saturated rings. The summed E-state index contributed by atoms with van der Waals surface area (Å²) < 4.78 is 16.5. The fourth-order valence-electron chi connectivity index (χ4n) is 2.66. The first-order valence-corrected chi connectivity index (χ1v) is 8.33. The molecule has 1 aromatic heterocycles. The molecule has 3 N–H and O–H groups in total. The Balaban J connectivity index is 2.11. The van der Waals surface area contributed by atoms with E-state index in [9.17, 15) is 14.4 Å². The van der Waals surface area contributed by atoms with Crippen LogP contribution < -0.4 is 26.0 Å². The van der Waals surface area contributed by atoms with Gasteiger partial charge in [0.1, 0.15) is 11.3 Å². The van der Waals surface area contributed by atoms with Crippen molar-refractivity contribution in [3.05, 3.63) is 58.3 Å². The SMILES string of the molecule is COc1ccc(-c2oc3cc(C)ccc3c(=O)c2OCC(=O)NC(N)=O)cc1. The van der Waals surface area contributed by atoms with Crippen LogP contribution in [0.1, 0.15) is 5.56 Å². The molecule has 0 bridgehead atoms. The number of carbonyl (C=O) groups is 2. The number of benzene rings is 2. The zero-order chi connectivity index (χ0) is 20.3. The van der Waals surface area contributed by atoms with Crippen molar-refractivity contribution in [1.29, 1.82) is 0 Å². The summed E-state index contributed by atoms with van der Waals surface area (Å²) in [6, 6.07) is 11.0. The van der Waals surface area contributed by atoms with Gasteiger partial charge >= 0.3 is 6.03 Å². The van der Waals surface area contributed by atoms with Crippen LogP contribution >= 0.6 is 0 Å². The van der Waals surface area contributed by atoms with Gasteiger partial charge in [-0.15, -0.1) is 0 Å². The number of hydrogen-bond acceptors (Lipinski definition) is 6. The maximum atomic E-state index is 13.0. The lowest BCUT2D eigenvalue weighted by Gasteiger charge is -2.12. The number of nitrogens with one attached hydrogen (secondary N) is 1. The highest BCUT2D eigenvalue weighted by molar-refractivity contribution is 5.94. The van der Waals surface area contributed by atoms with Crippen LogP contribution in [-0.2, 0) is 4.79 Å². The second-order valence-corrected chi connectivity index (χ2v) is 6.02. The van der Waals surface area contributed by atoms with E-state index < -0.39 is 24.0 Å². The number of ether oxygens (including phenoxy) is 2. The minimum absolute atomic E-state index is 0.138. The largest absolute Gasteiger partial charge is 0.497 e. The highest BCUT2D eigenvalue weighted by atomic mass is 16.5. The number of rotatable bonds is 5. The van der Waals surface area contributed by atoms with E-state index in [2.05, 4.69) is 0 Å². The molecule has 3 aromatic rings. The highest BCUT2D eigenvalue weighted by Crippen LogP contribution is 2.32. The van der Waals surface area contributed by atoms with Crippen LogP contribution in [0.2, 0.25) is 0 Å². The predicted molar refractivity (Wildman–Crippen MR) is 102 cm³/mol. The van der Waals surface area contributed by atoms with E-state index in [1.807, 2.05) is 12.2 Å². The summed E-state index contributed by atoms with van der Waals surface area (Å²) in [6.45, 7) is 1.30. The van der Waals surface area contributed by atoms with Gasteiger partial charge in [-0.2, -0.15) is 0 Å². The lowest BCUT2D eigenvalue weighted by atomic mass is 10.1. The summed E-state index contributed by atoms with van der Waals surface area (Å²) >= 11 is 0. The zero-order valence-corrected chi connectivity index (χ0v) is 15.3. The van der Waals surface area contributed by atoms with Crippen LogP contribution in [0.3, 0.4) is 0 Å². The van der Waals surface area contributed by atoms with Crippen LogP contribution in [-0.4, -0.2) is 25.7 Å². The first kappa shape index (κ1) is 19.0. The molecular formula is C20H18N2O6. The third-order valence-electron chi connectivity index (χ3n) is 3.97. The van der Waals surface area contributed by atoms with Gasteiger partial charge in [-0.25, -0.2) is 4.79 Å². The van der Waals surface area contributed by atoms with Gasteiger partial charge < -0.3 is 19.6 Å². The van der Waals surface area contributed by atoms with Crippen molar-refractivity contribution in [3.63, 3.8) is 0 Å². The highest BCUT2D eigenvalue weighted by Gasteiger charge is 2.19. The summed E-state index contributed by atoms with van der Waals surface area (Å²) in [4.78, 5) is 35.4. The van der Waals surface area contributed by atoms with Gasteiger partial charge in [-0.1, -0.05) is 6.07 Å². The summed E-state index contributed by atoms with van der Waals surface area (Å²) in [5.74, 6) is -0.124. The minimum Gasteiger partial charge on any atom is -0.497 e. The molecule has 0 aliphatic heterocycles. The van der Waals surface area contributed by atoms with Crippen molar-refractivity contribution in [3.8, 4) is 22.8 Å². The summed E-state index contributed by atoms with van der Waals surface area (Å²) in [7, 11) is 1.54. The molecule has 8 heteroatoms. The normalized spacial score (nSPS) is 10.5. The molecule has 3 rings (SSSR count). The maximum absolute atomic E-state index is 13.0. The van der Waals surface area contributed by atoms with Gasteiger partial charge in [0.2, 0.25) is 11.2 Å². The van der Waals surface area contributed by atoms with E-state index in [1.54, 1.807) is 49.6 Å². The van der Waals surface area contributed by atoms with E-state index in [0.717, 1.165) is 5.56 Å². The van der Waals surface area contributed by atoms with Crippen LogP contribution in [0.5, 0.6) is 11.5 Å². The standard InChI is InChI=1S/C20H18N2O6/c1-11-3-8-14-15(9-11)28-18(12-4-6-13(26-2)7-5-12)19(17(14)24)27-10-16(23)22-20(21)25/h3-9H,10H2,1-2H3,(H3,21,22,23,25). The Bertz CT molecular complexity index is 1100. The van der Waals surface area contributed by atoms with Gasteiger partial charge in [0.05, 0.1) is 12.5 Å². The Morgan fingerprint density at radius 1 is 1.14 bits per heavy atom.